The summed E-state index contributed by atoms with van der Waals surface area (Å²) in [5.41, 5.74) is 3.95. The van der Waals surface area contributed by atoms with Crippen molar-refractivity contribution in [3.8, 4) is 0 Å². The number of aryl methyl sites for hydroxylation is 1. The van der Waals surface area contributed by atoms with Crippen LogP contribution < -0.4 is 5.48 Å². The Morgan fingerprint density at radius 1 is 1.41 bits per heavy atom. The van der Waals surface area contributed by atoms with E-state index < -0.39 is 5.91 Å². The predicted octanol–water partition coefficient (Wildman–Crippen LogP) is 1.84. The molecule has 0 spiro atoms. The van der Waals surface area contributed by atoms with E-state index in [1.54, 1.807) is 6.92 Å². The Balaban J connectivity index is 1.84. The van der Waals surface area contributed by atoms with E-state index in [1.807, 2.05) is 30.3 Å². The zero-order valence-corrected chi connectivity index (χ0v) is 9.34. The van der Waals surface area contributed by atoms with E-state index >= 15 is 0 Å². The van der Waals surface area contributed by atoms with E-state index in [0.29, 0.717) is 12.2 Å². The van der Waals surface area contributed by atoms with Gasteiger partial charge < -0.3 is 4.52 Å². The van der Waals surface area contributed by atoms with Gasteiger partial charge in [0.05, 0.1) is 12.8 Å². The number of rotatable bonds is 4. The van der Waals surface area contributed by atoms with Crippen molar-refractivity contribution < 1.29 is 14.2 Å². The van der Waals surface area contributed by atoms with Crippen LogP contribution in [0.25, 0.3) is 0 Å². The molecule has 2 rings (SSSR count). The molecule has 2 aromatic rings. The van der Waals surface area contributed by atoms with Crippen LogP contribution in [0.2, 0.25) is 0 Å². The lowest BCUT2D eigenvalue weighted by atomic mass is 10.2. The van der Waals surface area contributed by atoms with Gasteiger partial charge in [-0.15, -0.1) is 0 Å². The first-order chi connectivity index (χ1) is 8.27. The average Bonchev–Trinajstić information content (AvgIpc) is 2.77. The minimum atomic E-state index is -0.434. The molecular weight excluding hydrogens is 220 g/mol. The molecule has 1 heterocycles. The minimum absolute atomic E-state index is 0.165. The van der Waals surface area contributed by atoms with Gasteiger partial charge in [-0.3, -0.25) is 9.63 Å². The summed E-state index contributed by atoms with van der Waals surface area (Å²) in [4.78, 5) is 16.6. The molecule has 1 N–H and O–H groups in total. The Bertz CT molecular complexity index is 493. The van der Waals surface area contributed by atoms with E-state index in [2.05, 4.69) is 10.6 Å². The van der Waals surface area contributed by atoms with Gasteiger partial charge in [-0.05, 0) is 12.5 Å². The van der Waals surface area contributed by atoms with Crippen LogP contribution in [0.3, 0.4) is 0 Å². The van der Waals surface area contributed by atoms with Crippen molar-refractivity contribution >= 4 is 5.91 Å². The number of carbonyl (C=O) groups excluding carboxylic acids is 1. The summed E-state index contributed by atoms with van der Waals surface area (Å²) in [5, 5.41) is 3.52. The molecular formula is C12H12N2O3. The molecule has 0 aliphatic rings. The standard InChI is InChI=1S/C12H12N2O3/c1-9-7-13-17-11(9)12(15)14-16-8-10-5-3-2-4-6-10/h2-7H,8H2,1H3,(H,14,15). The van der Waals surface area contributed by atoms with Gasteiger partial charge >= 0.3 is 5.91 Å². The minimum Gasteiger partial charge on any atom is -0.351 e. The fourth-order valence-corrected chi connectivity index (χ4v) is 1.31. The normalized spacial score (nSPS) is 10.2. The van der Waals surface area contributed by atoms with Crippen molar-refractivity contribution in [2.45, 2.75) is 13.5 Å². The van der Waals surface area contributed by atoms with Gasteiger partial charge in [-0.2, -0.15) is 0 Å². The lowest BCUT2D eigenvalue weighted by molar-refractivity contribution is 0.0206. The number of nitrogens with one attached hydrogen (secondary N) is 1. The number of hydrogen-bond donors (Lipinski definition) is 1. The lowest BCUT2D eigenvalue weighted by Crippen LogP contribution is -2.23. The highest BCUT2D eigenvalue weighted by atomic mass is 16.7. The summed E-state index contributed by atoms with van der Waals surface area (Å²) in [6, 6.07) is 9.54. The summed E-state index contributed by atoms with van der Waals surface area (Å²) < 4.78 is 4.79. The number of nitrogens with zero attached hydrogens (tertiary/aromatic N) is 1. The van der Waals surface area contributed by atoms with Crippen LogP contribution in [0, 0.1) is 6.92 Å². The maximum absolute atomic E-state index is 11.5. The highest BCUT2D eigenvalue weighted by Crippen LogP contribution is 2.05. The zero-order chi connectivity index (χ0) is 12.1. The second kappa shape index (κ2) is 5.27. The van der Waals surface area contributed by atoms with Gasteiger partial charge in [0.2, 0.25) is 5.76 Å². The smallest absolute Gasteiger partial charge is 0.313 e. The second-order valence-corrected chi connectivity index (χ2v) is 3.54. The molecule has 17 heavy (non-hydrogen) atoms. The van der Waals surface area contributed by atoms with Crippen LogP contribution in [-0.4, -0.2) is 11.1 Å². The molecule has 0 unspecified atom stereocenters. The van der Waals surface area contributed by atoms with Crippen LogP contribution in [0.15, 0.2) is 41.1 Å². The van der Waals surface area contributed by atoms with E-state index in [0.717, 1.165) is 5.56 Å². The van der Waals surface area contributed by atoms with Crippen molar-refractivity contribution in [2.75, 3.05) is 0 Å². The number of benzene rings is 1. The Labute approximate surface area is 98.3 Å². The highest BCUT2D eigenvalue weighted by Gasteiger charge is 2.13. The Kier molecular flexibility index (Phi) is 3.52. The van der Waals surface area contributed by atoms with Gasteiger partial charge in [-0.1, -0.05) is 35.5 Å². The third-order valence-electron chi connectivity index (χ3n) is 2.20. The first kappa shape index (κ1) is 11.3. The molecule has 0 fully saturated rings. The van der Waals surface area contributed by atoms with E-state index in [1.165, 1.54) is 6.20 Å². The fraction of sp³-hybridized carbons (Fsp3) is 0.167. The molecule has 5 nitrogen and oxygen atoms in total. The van der Waals surface area contributed by atoms with Crippen molar-refractivity contribution in [2.24, 2.45) is 0 Å². The summed E-state index contributed by atoms with van der Waals surface area (Å²) in [7, 11) is 0. The van der Waals surface area contributed by atoms with Crippen LogP contribution in [0.4, 0.5) is 0 Å². The monoisotopic (exact) mass is 232 g/mol. The van der Waals surface area contributed by atoms with E-state index in [9.17, 15) is 4.79 Å². The summed E-state index contributed by atoms with van der Waals surface area (Å²) in [5.74, 6) is -0.269. The van der Waals surface area contributed by atoms with Crippen LogP contribution >= 0.6 is 0 Å². The quantitative estimate of drug-likeness (QED) is 0.817. The molecule has 0 saturated carbocycles. The van der Waals surface area contributed by atoms with E-state index in [4.69, 9.17) is 9.36 Å². The molecule has 0 aliphatic carbocycles. The Morgan fingerprint density at radius 3 is 2.82 bits per heavy atom. The molecule has 1 aromatic heterocycles. The summed E-state index contributed by atoms with van der Waals surface area (Å²) >= 11 is 0. The average molecular weight is 232 g/mol. The molecule has 1 aromatic carbocycles. The Hall–Kier alpha value is -2.14. The van der Waals surface area contributed by atoms with Gasteiger partial charge in [0.15, 0.2) is 0 Å². The van der Waals surface area contributed by atoms with Crippen molar-refractivity contribution in [3.05, 3.63) is 53.4 Å². The number of aromatic nitrogens is 1. The van der Waals surface area contributed by atoms with Crippen molar-refractivity contribution in [3.63, 3.8) is 0 Å². The zero-order valence-electron chi connectivity index (χ0n) is 9.34. The molecule has 5 heteroatoms. The molecule has 0 radical (unpaired) electrons. The van der Waals surface area contributed by atoms with Gasteiger partial charge in [0.1, 0.15) is 0 Å². The fourth-order valence-electron chi connectivity index (χ4n) is 1.31. The van der Waals surface area contributed by atoms with Gasteiger partial charge in [0, 0.05) is 5.56 Å². The number of hydroxylamine groups is 1. The third kappa shape index (κ3) is 2.92. The topological polar surface area (TPSA) is 64.4 Å². The summed E-state index contributed by atoms with van der Waals surface area (Å²) in [6.07, 6.45) is 1.48. The van der Waals surface area contributed by atoms with Crippen LogP contribution in [0.5, 0.6) is 0 Å². The maximum atomic E-state index is 11.5. The Morgan fingerprint density at radius 2 is 2.18 bits per heavy atom. The molecule has 0 saturated heterocycles. The molecule has 0 aliphatic heterocycles. The van der Waals surface area contributed by atoms with Crippen molar-refractivity contribution in [1.82, 2.24) is 10.6 Å². The van der Waals surface area contributed by atoms with E-state index in [-0.39, 0.29) is 5.76 Å². The van der Waals surface area contributed by atoms with Gasteiger partial charge in [-0.25, -0.2) is 5.48 Å². The molecule has 1 amide bonds. The number of hydrogen-bond acceptors (Lipinski definition) is 4. The highest BCUT2D eigenvalue weighted by molar-refractivity contribution is 5.91. The number of carbonyl (C=O) groups is 1. The SMILES string of the molecule is Cc1cnoc1C(=O)NOCc1ccccc1. The predicted molar refractivity (Wildman–Crippen MR) is 59.9 cm³/mol. The molecule has 88 valence electrons. The maximum Gasteiger partial charge on any atom is 0.313 e. The largest absolute Gasteiger partial charge is 0.351 e. The van der Waals surface area contributed by atoms with Crippen molar-refractivity contribution in [1.29, 1.82) is 0 Å². The lowest BCUT2D eigenvalue weighted by Gasteiger charge is -2.04. The first-order valence-electron chi connectivity index (χ1n) is 5.14. The van der Waals surface area contributed by atoms with Crippen LogP contribution in [-0.2, 0) is 11.4 Å². The van der Waals surface area contributed by atoms with Gasteiger partial charge in [0.25, 0.3) is 0 Å². The summed E-state index contributed by atoms with van der Waals surface area (Å²) in [6.45, 7) is 2.04. The first-order valence-corrected chi connectivity index (χ1v) is 5.14. The number of amides is 1. The second-order valence-electron chi connectivity index (χ2n) is 3.54. The molecule has 0 bridgehead atoms. The van der Waals surface area contributed by atoms with Crippen LogP contribution in [0.1, 0.15) is 21.7 Å². The third-order valence-corrected chi connectivity index (χ3v) is 2.20. The molecule has 0 atom stereocenters.